The van der Waals surface area contributed by atoms with E-state index < -0.39 is 0 Å². The molecule has 0 nitrogen and oxygen atoms in total. The Hall–Kier alpha value is -1.82. The van der Waals surface area contributed by atoms with Crippen molar-refractivity contribution in [2.24, 2.45) is 5.92 Å². The molecule has 0 saturated heterocycles. The Bertz CT molecular complexity index is 621. The summed E-state index contributed by atoms with van der Waals surface area (Å²) in [5.74, 6) is 0.570. The third-order valence-electron chi connectivity index (χ3n) is 4.32. The van der Waals surface area contributed by atoms with Gasteiger partial charge in [0.2, 0.25) is 0 Å². The molecule has 2 aromatic carbocycles. The molecule has 0 fully saturated rings. The number of aryl methyl sites for hydroxylation is 1. The molecule has 0 heterocycles. The topological polar surface area (TPSA) is 0 Å². The Morgan fingerprint density at radius 3 is 2.00 bits per heavy atom. The predicted octanol–water partition coefficient (Wildman–Crippen LogP) is 6.27. The Morgan fingerprint density at radius 1 is 0.870 bits per heavy atom. The first-order valence-electron chi connectivity index (χ1n) is 8.66. The summed E-state index contributed by atoms with van der Waals surface area (Å²) in [6.45, 7) is 11.2. The highest BCUT2D eigenvalue weighted by molar-refractivity contribution is 5.28. The van der Waals surface area contributed by atoms with Gasteiger partial charge in [0.15, 0.2) is 0 Å². The minimum atomic E-state index is 0.234. The van der Waals surface area contributed by atoms with E-state index in [2.05, 4.69) is 95.3 Å². The van der Waals surface area contributed by atoms with E-state index in [9.17, 15) is 0 Å². The van der Waals surface area contributed by atoms with Gasteiger partial charge in [-0.25, -0.2) is 0 Å². The van der Waals surface area contributed by atoms with Crippen molar-refractivity contribution in [2.75, 3.05) is 0 Å². The lowest BCUT2D eigenvalue weighted by Gasteiger charge is -2.19. The van der Waals surface area contributed by atoms with Crippen LogP contribution >= 0.6 is 0 Å². The van der Waals surface area contributed by atoms with Crippen LogP contribution in [0.25, 0.3) is 0 Å². The molecular formula is C23H30. The molecule has 0 saturated carbocycles. The monoisotopic (exact) mass is 306 g/mol. The highest BCUT2D eigenvalue weighted by Gasteiger charge is 2.12. The van der Waals surface area contributed by atoms with Crippen molar-refractivity contribution in [3.05, 3.63) is 82.9 Å². The molecule has 0 bridgehead atoms. The summed E-state index contributed by atoms with van der Waals surface area (Å²) in [5.41, 5.74) is 5.77. The van der Waals surface area contributed by atoms with Crippen LogP contribution in [0.1, 0.15) is 49.9 Å². The van der Waals surface area contributed by atoms with Gasteiger partial charge in [0.05, 0.1) is 0 Å². The second kappa shape index (κ2) is 7.64. The lowest BCUT2D eigenvalue weighted by Crippen LogP contribution is -2.10. The number of rotatable bonds is 5. The fourth-order valence-corrected chi connectivity index (χ4v) is 2.74. The van der Waals surface area contributed by atoms with E-state index in [1.807, 2.05) is 0 Å². The summed E-state index contributed by atoms with van der Waals surface area (Å²) >= 11 is 0. The molecule has 0 aliphatic carbocycles. The molecule has 0 spiro atoms. The van der Waals surface area contributed by atoms with Crippen LogP contribution < -0.4 is 0 Å². The van der Waals surface area contributed by atoms with Crippen LogP contribution in [0.4, 0.5) is 0 Å². The molecule has 122 valence electrons. The average Bonchev–Trinajstić information content (AvgIpc) is 2.49. The minimum Gasteiger partial charge on any atom is -0.0850 e. The second-order valence-electron chi connectivity index (χ2n) is 7.75. The van der Waals surface area contributed by atoms with Crippen LogP contribution in [-0.4, -0.2) is 0 Å². The molecule has 0 aliphatic heterocycles. The molecule has 23 heavy (non-hydrogen) atoms. The van der Waals surface area contributed by atoms with Gasteiger partial charge in [0.1, 0.15) is 0 Å². The van der Waals surface area contributed by atoms with Gasteiger partial charge in [-0.2, -0.15) is 0 Å². The normalized spacial score (nSPS) is 13.4. The van der Waals surface area contributed by atoms with Gasteiger partial charge in [0.25, 0.3) is 0 Å². The number of allylic oxidation sites excluding steroid dienone is 2. The molecule has 2 aromatic rings. The SMILES string of the molecule is Cc1ccc(C/C=C/C(C)Cc2ccc(C(C)(C)C)cc2)cc1. The Labute approximate surface area is 142 Å². The first kappa shape index (κ1) is 17.5. The zero-order chi connectivity index (χ0) is 16.9. The lowest BCUT2D eigenvalue weighted by molar-refractivity contribution is 0.589. The van der Waals surface area contributed by atoms with Gasteiger partial charge >= 0.3 is 0 Å². The van der Waals surface area contributed by atoms with Gasteiger partial charge in [-0.1, -0.05) is 93.9 Å². The average molecular weight is 306 g/mol. The first-order chi connectivity index (χ1) is 10.8. The van der Waals surface area contributed by atoms with Crippen LogP contribution in [0, 0.1) is 12.8 Å². The molecule has 0 N–H and O–H groups in total. The zero-order valence-electron chi connectivity index (χ0n) is 15.3. The van der Waals surface area contributed by atoms with Gasteiger partial charge in [-0.05, 0) is 47.8 Å². The molecule has 1 unspecified atom stereocenters. The maximum Gasteiger partial charge on any atom is -0.00973 e. The predicted molar refractivity (Wildman–Crippen MR) is 102 cm³/mol. The molecule has 0 aliphatic rings. The van der Waals surface area contributed by atoms with Crippen molar-refractivity contribution >= 4 is 0 Å². The summed E-state index contributed by atoms with van der Waals surface area (Å²) in [4.78, 5) is 0. The van der Waals surface area contributed by atoms with E-state index in [4.69, 9.17) is 0 Å². The lowest BCUT2D eigenvalue weighted by atomic mass is 9.86. The highest BCUT2D eigenvalue weighted by Crippen LogP contribution is 2.23. The van der Waals surface area contributed by atoms with Crippen molar-refractivity contribution in [3.8, 4) is 0 Å². The summed E-state index contributed by atoms with van der Waals surface area (Å²) in [6, 6.07) is 17.9. The van der Waals surface area contributed by atoms with Crippen LogP contribution in [-0.2, 0) is 18.3 Å². The first-order valence-corrected chi connectivity index (χ1v) is 8.66. The van der Waals surface area contributed by atoms with Crippen LogP contribution in [0.2, 0.25) is 0 Å². The van der Waals surface area contributed by atoms with Crippen LogP contribution in [0.5, 0.6) is 0 Å². The fraction of sp³-hybridized carbons (Fsp3) is 0.391. The van der Waals surface area contributed by atoms with E-state index in [1.165, 1.54) is 22.3 Å². The van der Waals surface area contributed by atoms with Crippen LogP contribution in [0.3, 0.4) is 0 Å². The quantitative estimate of drug-likeness (QED) is 0.571. The zero-order valence-corrected chi connectivity index (χ0v) is 15.3. The van der Waals surface area contributed by atoms with Crippen LogP contribution in [0.15, 0.2) is 60.7 Å². The Morgan fingerprint density at radius 2 is 1.43 bits per heavy atom. The maximum absolute atomic E-state index is 2.34. The molecule has 0 heteroatoms. The maximum atomic E-state index is 2.34. The van der Waals surface area contributed by atoms with Crippen molar-refractivity contribution in [2.45, 2.75) is 52.9 Å². The van der Waals surface area contributed by atoms with Crippen molar-refractivity contribution in [3.63, 3.8) is 0 Å². The van der Waals surface area contributed by atoms with Gasteiger partial charge < -0.3 is 0 Å². The van der Waals surface area contributed by atoms with Gasteiger partial charge in [-0.15, -0.1) is 0 Å². The molecule has 0 aromatic heterocycles. The molecular weight excluding hydrogens is 276 g/mol. The van der Waals surface area contributed by atoms with E-state index >= 15 is 0 Å². The van der Waals surface area contributed by atoms with E-state index in [1.54, 1.807) is 0 Å². The molecule has 0 amide bonds. The number of benzene rings is 2. The summed E-state index contributed by atoms with van der Waals surface area (Å²) in [7, 11) is 0. The van der Waals surface area contributed by atoms with Gasteiger partial charge in [-0.3, -0.25) is 0 Å². The fourth-order valence-electron chi connectivity index (χ4n) is 2.74. The Balaban J connectivity index is 1.87. The number of hydrogen-bond donors (Lipinski definition) is 0. The number of hydrogen-bond acceptors (Lipinski definition) is 0. The van der Waals surface area contributed by atoms with Gasteiger partial charge in [0, 0.05) is 0 Å². The third kappa shape index (κ3) is 5.71. The van der Waals surface area contributed by atoms with Crippen molar-refractivity contribution in [1.82, 2.24) is 0 Å². The Kier molecular flexibility index (Phi) is 5.82. The van der Waals surface area contributed by atoms with E-state index in [0.717, 1.165) is 12.8 Å². The standard InChI is InChI=1S/C23H30/c1-18-9-11-20(12-10-18)8-6-7-19(2)17-21-13-15-22(16-14-21)23(3,4)5/h6-7,9-16,19H,8,17H2,1-5H3/b7-6+. The third-order valence-corrected chi connectivity index (χ3v) is 4.32. The minimum absolute atomic E-state index is 0.234. The molecule has 0 radical (unpaired) electrons. The second-order valence-corrected chi connectivity index (χ2v) is 7.75. The molecule has 2 rings (SSSR count). The van der Waals surface area contributed by atoms with E-state index in [0.29, 0.717) is 5.92 Å². The smallest absolute Gasteiger partial charge is 0.00973 e. The molecule has 1 atom stereocenters. The highest BCUT2D eigenvalue weighted by atomic mass is 14.2. The summed E-state index contributed by atoms with van der Waals surface area (Å²) < 4.78 is 0. The largest absolute Gasteiger partial charge is 0.0850 e. The summed E-state index contributed by atoms with van der Waals surface area (Å²) in [5, 5.41) is 0. The van der Waals surface area contributed by atoms with Crippen molar-refractivity contribution < 1.29 is 0 Å². The van der Waals surface area contributed by atoms with E-state index in [-0.39, 0.29) is 5.41 Å². The van der Waals surface area contributed by atoms with Crippen molar-refractivity contribution in [1.29, 1.82) is 0 Å². The summed E-state index contributed by atoms with van der Waals surface area (Å²) in [6.07, 6.45) is 6.78.